The predicted octanol–water partition coefficient (Wildman–Crippen LogP) is 2.26. The maximum Gasteiger partial charge on any atom is 0.338 e. The van der Waals surface area contributed by atoms with Crippen LogP contribution in [-0.4, -0.2) is 25.3 Å². The van der Waals surface area contributed by atoms with Crippen molar-refractivity contribution in [2.75, 3.05) is 7.11 Å². The van der Waals surface area contributed by atoms with Gasteiger partial charge in [0.15, 0.2) is 0 Å². The molecule has 1 saturated carbocycles. The maximum atomic E-state index is 12.0. The summed E-state index contributed by atoms with van der Waals surface area (Å²) >= 11 is 0. The summed E-state index contributed by atoms with van der Waals surface area (Å²) in [6.45, 7) is 0.480. The highest BCUT2D eigenvalue weighted by molar-refractivity contribution is 5.89. The van der Waals surface area contributed by atoms with E-state index in [0.29, 0.717) is 12.1 Å². The first-order chi connectivity index (χ1) is 9.22. The Balaban J connectivity index is 1.92. The zero-order valence-corrected chi connectivity index (χ0v) is 11.3. The molecule has 2 unspecified atom stereocenters. The van der Waals surface area contributed by atoms with Crippen molar-refractivity contribution < 1.29 is 14.3 Å². The number of nitrogens with two attached hydrogens (primary N) is 1. The Morgan fingerprint density at radius 1 is 1.26 bits per heavy atom. The molecule has 104 valence electrons. The summed E-state index contributed by atoms with van der Waals surface area (Å²) in [5, 5.41) is 0. The zero-order valence-electron chi connectivity index (χ0n) is 11.3. The van der Waals surface area contributed by atoms with Gasteiger partial charge in [-0.05, 0) is 37.0 Å². The molecule has 0 spiro atoms. The molecule has 0 bridgehead atoms. The second-order valence-electron chi connectivity index (χ2n) is 4.95. The Bertz CT molecular complexity index is 416. The van der Waals surface area contributed by atoms with Gasteiger partial charge in [-0.3, -0.25) is 0 Å². The Kier molecular flexibility index (Phi) is 4.93. The van der Waals surface area contributed by atoms with Crippen LogP contribution in [0.1, 0.15) is 41.6 Å². The molecular formula is C15H21NO3. The van der Waals surface area contributed by atoms with Crippen molar-refractivity contribution in [3.05, 3.63) is 35.4 Å². The number of methoxy groups -OCH3 is 1. The van der Waals surface area contributed by atoms with Crippen molar-refractivity contribution in [3.63, 3.8) is 0 Å². The highest BCUT2D eigenvalue weighted by Crippen LogP contribution is 2.24. The fourth-order valence-electron chi connectivity index (χ4n) is 2.42. The van der Waals surface area contributed by atoms with Gasteiger partial charge in [-0.1, -0.05) is 12.1 Å². The van der Waals surface area contributed by atoms with E-state index in [4.69, 9.17) is 15.2 Å². The van der Waals surface area contributed by atoms with Crippen LogP contribution in [0.2, 0.25) is 0 Å². The highest BCUT2D eigenvalue weighted by atomic mass is 16.5. The van der Waals surface area contributed by atoms with Crippen LogP contribution in [0.3, 0.4) is 0 Å². The Morgan fingerprint density at radius 3 is 2.58 bits per heavy atom. The molecule has 0 heterocycles. The van der Waals surface area contributed by atoms with Crippen LogP contribution in [0.25, 0.3) is 0 Å². The Morgan fingerprint density at radius 2 is 1.95 bits per heavy atom. The number of benzene rings is 1. The number of carbonyl (C=O) groups excluding carboxylic acids is 1. The predicted molar refractivity (Wildman–Crippen MR) is 72.8 cm³/mol. The molecule has 1 aliphatic carbocycles. The molecule has 1 fully saturated rings. The largest absolute Gasteiger partial charge is 0.459 e. The van der Waals surface area contributed by atoms with Crippen LogP contribution in [-0.2, 0) is 16.0 Å². The zero-order chi connectivity index (χ0) is 13.7. The highest BCUT2D eigenvalue weighted by Gasteiger charge is 2.25. The number of carbonyl (C=O) groups is 1. The van der Waals surface area contributed by atoms with Crippen LogP contribution in [0.15, 0.2) is 24.3 Å². The van der Waals surface area contributed by atoms with Crippen molar-refractivity contribution >= 4 is 5.97 Å². The molecule has 1 aliphatic rings. The lowest BCUT2D eigenvalue weighted by Gasteiger charge is -2.27. The molecule has 2 rings (SSSR count). The number of ether oxygens (including phenoxy) is 2. The van der Waals surface area contributed by atoms with Crippen molar-refractivity contribution in [1.82, 2.24) is 0 Å². The van der Waals surface area contributed by atoms with Crippen molar-refractivity contribution in [2.24, 2.45) is 5.73 Å². The summed E-state index contributed by atoms with van der Waals surface area (Å²) in [5.41, 5.74) is 7.11. The monoisotopic (exact) mass is 263 g/mol. The maximum absolute atomic E-state index is 12.0. The van der Waals surface area contributed by atoms with E-state index in [1.807, 2.05) is 12.1 Å². The van der Waals surface area contributed by atoms with Crippen molar-refractivity contribution in [1.29, 1.82) is 0 Å². The minimum Gasteiger partial charge on any atom is -0.459 e. The number of rotatable bonds is 4. The second kappa shape index (κ2) is 6.68. The van der Waals surface area contributed by atoms with Gasteiger partial charge in [-0.25, -0.2) is 4.79 Å². The molecular weight excluding hydrogens is 242 g/mol. The topological polar surface area (TPSA) is 61.5 Å². The molecule has 4 heteroatoms. The van der Waals surface area contributed by atoms with E-state index in [0.717, 1.165) is 31.2 Å². The van der Waals surface area contributed by atoms with Crippen LogP contribution >= 0.6 is 0 Å². The molecule has 2 atom stereocenters. The number of esters is 1. The molecule has 1 aromatic carbocycles. The van der Waals surface area contributed by atoms with Gasteiger partial charge in [0.1, 0.15) is 6.10 Å². The van der Waals surface area contributed by atoms with Gasteiger partial charge in [0, 0.05) is 20.1 Å². The summed E-state index contributed by atoms with van der Waals surface area (Å²) in [4.78, 5) is 12.0. The first-order valence-corrected chi connectivity index (χ1v) is 6.75. The number of hydrogen-bond acceptors (Lipinski definition) is 4. The third-order valence-corrected chi connectivity index (χ3v) is 3.61. The van der Waals surface area contributed by atoms with Crippen LogP contribution in [0.4, 0.5) is 0 Å². The summed E-state index contributed by atoms with van der Waals surface area (Å²) < 4.78 is 10.9. The first-order valence-electron chi connectivity index (χ1n) is 6.75. The molecule has 19 heavy (non-hydrogen) atoms. The average molecular weight is 263 g/mol. The SMILES string of the molecule is COC1CCCC(OC(=O)c2ccc(CN)cc2)C1. The summed E-state index contributed by atoms with van der Waals surface area (Å²) in [6.07, 6.45) is 4.00. The van der Waals surface area contributed by atoms with Crippen molar-refractivity contribution in [2.45, 2.75) is 44.4 Å². The molecule has 1 aromatic rings. The lowest BCUT2D eigenvalue weighted by atomic mass is 9.95. The molecule has 4 nitrogen and oxygen atoms in total. The van der Waals surface area contributed by atoms with Gasteiger partial charge in [0.05, 0.1) is 11.7 Å². The molecule has 0 aromatic heterocycles. The minimum absolute atomic E-state index is 0.0274. The summed E-state index contributed by atoms with van der Waals surface area (Å²) in [5.74, 6) is -0.259. The van der Waals surface area contributed by atoms with Crippen LogP contribution < -0.4 is 5.73 Å². The standard InChI is InChI=1S/C15H21NO3/c1-18-13-3-2-4-14(9-13)19-15(17)12-7-5-11(10-16)6-8-12/h5-8,13-14H,2-4,9-10,16H2,1H3. The molecule has 2 N–H and O–H groups in total. The van der Waals surface area contributed by atoms with E-state index >= 15 is 0 Å². The molecule has 0 saturated heterocycles. The summed E-state index contributed by atoms with van der Waals surface area (Å²) in [6, 6.07) is 7.24. The van der Waals surface area contributed by atoms with Gasteiger partial charge in [-0.2, -0.15) is 0 Å². The van der Waals surface area contributed by atoms with Gasteiger partial charge in [0.2, 0.25) is 0 Å². The van der Waals surface area contributed by atoms with Gasteiger partial charge >= 0.3 is 5.97 Å². The Labute approximate surface area is 113 Å². The fraction of sp³-hybridized carbons (Fsp3) is 0.533. The average Bonchev–Trinajstić information content (AvgIpc) is 2.47. The third-order valence-electron chi connectivity index (χ3n) is 3.61. The fourth-order valence-corrected chi connectivity index (χ4v) is 2.42. The quantitative estimate of drug-likeness (QED) is 0.846. The third kappa shape index (κ3) is 3.78. The molecule has 0 radical (unpaired) electrons. The van der Waals surface area contributed by atoms with Crippen molar-refractivity contribution in [3.8, 4) is 0 Å². The van der Waals surface area contributed by atoms with E-state index < -0.39 is 0 Å². The van der Waals surface area contributed by atoms with E-state index in [2.05, 4.69) is 0 Å². The van der Waals surface area contributed by atoms with E-state index in [1.165, 1.54) is 0 Å². The lowest BCUT2D eigenvalue weighted by Crippen LogP contribution is -2.29. The Hall–Kier alpha value is -1.39. The van der Waals surface area contributed by atoms with E-state index in [1.54, 1.807) is 19.2 Å². The normalized spacial score (nSPS) is 23.1. The smallest absolute Gasteiger partial charge is 0.338 e. The number of hydrogen-bond donors (Lipinski definition) is 1. The van der Waals surface area contributed by atoms with Gasteiger partial charge < -0.3 is 15.2 Å². The van der Waals surface area contributed by atoms with E-state index in [9.17, 15) is 4.79 Å². The lowest BCUT2D eigenvalue weighted by molar-refractivity contribution is -0.0149. The molecule has 0 aliphatic heterocycles. The van der Waals surface area contributed by atoms with Crippen LogP contribution in [0.5, 0.6) is 0 Å². The van der Waals surface area contributed by atoms with Crippen LogP contribution in [0, 0.1) is 0 Å². The van der Waals surface area contributed by atoms with Gasteiger partial charge in [-0.15, -0.1) is 0 Å². The first kappa shape index (κ1) is 14.0. The minimum atomic E-state index is -0.259. The summed E-state index contributed by atoms with van der Waals surface area (Å²) in [7, 11) is 1.71. The van der Waals surface area contributed by atoms with E-state index in [-0.39, 0.29) is 18.2 Å². The van der Waals surface area contributed by atoms with Gasteiger partial charge in [0.25, 0.3) is 0 Å². The molecule has 0 amide bonds. The second-order valence-corrected chi connectivity index (χ2v) is 4.95.